The molecule has 1 saturated heterocycles. The summed E-state index contributed by atoms with van der Waals surface area (Å²) in [7, 11) is 1.78. The summed E-state index contributed by atoms with van der Waals surface area (Å²) >= 11 is 5.92. The molecule has 0 aliphatic carbocycles. The molecule has 0 bridgehead atoms. The number of aryl methyl sites for hydroxylation is 1. The standard InChI is InChI=1S/C22H25ClN2O2.C2H6/c1-16-4-6-17(7-5-16)14-20(26)25-13-12-22(25,2)21(27)24(3)15-18-8-10-19(23)11-9-18;1-2/h4-11H,12-15H2,1-3H3;1-2H3. The van der Waals surface area contributed by atoms with E-state index in [1.807, 2.05) is 76.2 Å². The van der Waals surface area contributed by atoms with Gasteiger partial charge in [0.2, 0.25) is 11.8 Å². The third-order valence-corrected chi connectivity index (χ3v) is 5.59. The molecular formula is C24H31ClN2O2. The van der Waals surface area contributed by atoms with Crippen molar-refractivity contribution in [3.05, 3.63) is 70.2 Å². The Hall–Kier alpha value is -2.33. The highest BCUT2D eigenvalue weighted by atomic mass is 35.5. The lowest BCUT2D eigenvalue weighted by atomic mass is 9.84. The van der Waals surface area contributed by atoms with Crippen molar-refractivity contribution >= 4 is 23.4 Å². The normalized spacial score (nSPS) is 17.7. The van der Waals surface area contributed by atoms with Gasteiger partial charge in [0.1, 0.15) is 5.54 Å². The van der Waals surface area contributed by atoms with Crippen LogP contribution in [0.2, 0.25) is 5.02 Å². The summed E-state index contributed by atoms with van der Waals surface area (Å²) < 4.78 is 0. The van der Waals surface area contributed by atoms with Gasteiger partial charge < -0.3 is 9.80 Å². The van der Waals surface area contributed by atoms with Crippen molar-refractivity contribution in [1.29, 1.82) is 0 Å². The zero-order valence-corrected chi connectivity index (χ0v) is 18.8. The van der Waals surface area contributed by atoms with Gasteiger partial charge in [-0.15, -0.1) is 0 Å². The zero-order valence-electron chi connectivity index (χ0n) is 18.0. The molecule has 1 unspecified atom stereocenters. The molecule has 2 aromatic carbocycles. The lowest BCUT2D eigenvalue weighted by molar-refractivity contribution is -0.163. The SMILES string of the molecule is CC.Cc1ccc(CC(=O)N2CCC2(C)C(=O)N(C)Cc2ccc(Cl)cc2)cc1. The quantitative estimate of drug-likeness (QED) is 0.700. The first-order chi connectivity index (χ1) is 13.8. The number of likely N-dealkylation sites (tertiary alicyclic amines) is 1. The summed E-state index contributed by atoms with van der Waals surface area (Å²) in [4.78, 5) is 29.2. The van der Waals surface area contributed by atoms with Gasteiger partial charge in [-0.25, -0.2) is 0 Å². The van der Waals surface area contributed by atoms with E-state index in [-0.39, 0.29) is 11.8 Å². The second kappa shape index (κ2) is 9.93. The number of amides is 2. The van der Waals surface area contributed by atoms with Crippen LogP contribution in [0.3, 0.4) is 0 Å². The zero-order chi connectivity index (χ0) is 21.6. The average Bonchev–Trinajstić information content (AvgIpc) is 2.71. The van der Waals surface area contributed by atoms with Crippen LogP contribution < -0.4 is 0 Å². The van der Waals surface area contributed by atoms with Crippen molar-refractivity contribution in [2.75, 3.05) is 13.6 Å². The predicted molar refractivity (Wildman–Crippen MR) is 119 cm³/mol. The van der Waals surface area contributed by atoms with Crippen molar-refractivity contribution in [3.8, 4) is 0 Å². The molecule has 2 amide bonds. The molecule has 156 valence electrons. The maximum absolute atomic E-state index is 13.0. The first kappa shape index (κ1) is 23.0. The van der Waals surface area contributed by atoms with Crippen LogP contribution in [-0.4, -0.2) is 40.7 Å². The van der Waals surface area contributed by atoms with Crippen molar-refractivity contribution in [3.63, 3.8) is 0 Å². The van der Waals surface area contributed by atoms with E-state index in [9.17, 15) is 9.59 Å². The Labute approximate surface area is 179 Å². The van der Waals surface area contributed by atoms with Crippen LogP contribution in [0.25, 0.3) is 0 Å². The first-order valence-electron chi connectivity index (χ1n) is 10.2. The van der Waals surface area contributed by atoms with E-state index >= 15 is 0 Å². The van der Waals surface area contributed by atoms with Gasteiger partial charge in [0.05, 0.1) is 6.42 Å². The largest absolute Gasteiger partial charge is 0.339 e. The maximum atomic E-state index is 13.0. The molecular weight excluding hydrogens is 384 g/mol. The number of carbonyl (C=O) groups is 2. The number of hydrogen-bond acceptors (Lipinski definition) is 2. The molecule has 3 rings (SSSR count). The molecule has 0 N–H and O–H groups in total. The third kappa shape index (κ3) is 5.39. The van der Waals surface area contributed by atoms with Gasteiger partial charge in [-0.2, -0.15) is 0 Å². The van der Waals surface area contributed by atoms with Crippen molar-refractivity contribution < 1.29 is 9.59 Å². The Bertz CT molecular complexity index is 833. The highest BCUT2D eigenvalue weighted by Gasteiger charge is 2.50. The molecule has 1 aliphatic heterocycles. The summed E-state index contributed by atoms with van der Waals surface area (Å²) in [5.41, 5.74) is 2.39. The Balaban J connectivity index is 0.00000145. The van der Waals surface area contributed by atoms with E-state index in [0.29, 0.717) is 31.0 Å². The summed E-state index contributed by atoms with van der Waals surface area (Å²) in [5.74, 6) is -0.0261. The van der Waals surface area contributed by atoms with Crippen LogP contribution in [0, 0.1) is 6.92 Å². The molecule has 4 nitrogen and oxygen atoms in total. The Morgan fingerprint density at radius 1 is 1.03 bits per heavy atom. The van der Waals surface area contributed by atoms with E-state index < -0.39 is 5.54 Å². The number of likely N-dealkylation sites (N-methyl/N-ethyl adjacent to an activating group) is 1. The fraction of sp³-hybridized carbons (Fsp3) is 0.417. The highest BCUT2D eigenvalue weighted by Crippen LogP contribution is 2.33. The van der Waals surface area contributed by atoms with Gasteiger partial charge in [-0.3, -0.25) is 9.59 Å². The molecule has 1 atom stereocenters. The highest BCUT2D eigenvalue weighted by molar-refractivity contribution is 6.30. The molecule has 0 aromatic heterocycles. The predicted octanol–water partition coefficient (Wildman–Crippen LogP) is 4.87. The number of halogens is 1. The van der Waals surface area contributed by atoms with E-state index in [1.165, 1.54) is 5.56 Å². The molecule has 2 aromatic rings. The topological polar surface area (TPSA) is 40.6 Å². The third-order valence-electron chi connectivity index (χ3n) is 5.34. The van der Waals surface area contributed by atoms with E-state index in [0.717, 1.165) is 11.1 Å². The second-order valence-electron chi connectivity index (χ2n) is 7.52. The van der Waals surface area contributed by atoms with Gasteiger partial charge in [0.15, 0.2) is 0 Å². The smallest absolute Gasteiger partial charge is 0.248 e. The molecule has 1 aliphatic rings. The average molecular weight is 415 g/mol. The molecule has 1 heterocycles. The van der Waals surface area contributed by atoms with Crippen LogP contribution in [0.5, 0.6) is 0 Å². The fourth-order valence-electron chi connectivity index (χ4n) is 3.50. The van der Waals surface area contributed by atoms with E-state index in [4.69, 9.17) is 11.6 Å². The monoisotopic (exact) mass is 414 g/mol. The Morgan fingerprint density at radius 2 is 1.59 bits per heavy atom. The lowest BCUT2D eigenvalue weighted by Gasteiger charge is -2.50. The van der Waals surface area contributed by atoms with E-state index in [1.54, 1.807) is 16.8 Å². The van der Waals surface area contributed by atoms with Crippen LogP contribution in [-0.2, 0) is 22.6 Å². The van der Waals surface area contributed by atoms with Gasteiger partial charge in [-0.1, -0.05) is 67.4 Å². The lowest BCUT2D eigenvalue weighted by Crippen LogP contribution is -2.67. The molecule has 1 fully saturated rings. The second-order valence-corrected chi connectivity index (χ2v) is 7.96. The van der Waals surface area contributed by atoms with E-state index in [2.05, 4.69) is 0 Å². The number of nitrogens with zero attached hydrogens (tertiary/aromatic N) is 2. The van der Waals surface area contributed by atoms with Crippen molar-refractivity contribution in [2.24, 2.45) is 0 Å². The van der Waals surface area contributed by atoms with Gasteiger partial charge in [0, 0.05) is 25.2 Å². The Morgan fingerprint density at radius 3 is 2.10 bits per heavy atom. The van der Waals surface area contributed by atoms with Crippen LogP contribution >= 0.6 is 11.6 Å². The number of benzene rings is 2. The van der Waals surface area contributed by atoms with Gasteiger partial charge >= 0.3 is 0 Å². The summed E-state index contributed by atoms with van der Waals surface area (Å²) in [6, 6.07) is 15.4. The molecule has 0 spiro atoms. The summed E-state index contributed by atoms with van der Waals surface area (Å²) in [6.07, 6.45) is 1.01. The Kier molecular flexibility index (Phi) is 7.86. The summed E-state index contributed by atoms with van der Waals surface area (Å²) in [6.45, 7) is 9.00. The minimum Gasteiger partial charge on any atom is -0.339 e. The van der Waals surface area contributed by atoms with Crippen LogP contribution in [0.1, 0.15) is 43.9 Å². The molecule has 29 heavy (non-hydrogen) atoms. The van der Waals surface area contributed by atoms with Crippen LogP contribution in [0.15, 0.2) is 48.5 Å². The molecule has 5 heteroatoms. The van der Waals surface area contributed by atoms with Gasteiger partial charge in [0.25, 0.3) is 0 Å². The molecule has 0 radical (unpaired) electrons. The number of carbonyl (C=O) groups excluding carboxylic acids is 2. The maximum Gasteiger partial charge on any atom is 0.248 e. The van der Waals surface area contributed by atoms with Gasteiger partial charge in [-0.05, 0) is 43.5 Å². The summed E-state index contributed by atoms with van der Waals surface area (Å²) in [5, 5.41) is 0.673. The van der Waals surface area contributed by atoms with Crippen molar-refractivity contribution in [1.82, 2.24) is 9.80 Å². The number of rotatable bonds is 5. The van der Waals surface area contributed by atoms with Crippen LogP contribution in [0.4, 0.5) is 0 Å². The van der Waals surface area contributed by atoms with Crippen molar-refractivity contribution in [2.45, 2.75) is 52.6 Å². The first-order valence-corrected chi connectivity index (χ1v) is 10.5. The minimum absolute atomic E-state index is 0.000783. The minimum atomic E-state index is -0.761. The number of hydrogen-bond donors (Lipinski definition) is 0. The fourth-order valence-corrected chi connectivity index (χ4v) is 3.63. The molecule has 0 saturated carbocycles.